The average molecular weight is 500 g/mol. The Bertz CT molecular complexity index is 674. The normalized spacial score (nSPS) is 16.4. The van der Waals surface area contributed by atoms with Crippen molar-refractivity contribution in [2.45, 2.75) is 32.0 Å². The molecule has 0 unspecified atom stereocenters. The standard InChI is InChI=1S/C17H23F3N4O2.HI/c1-24(2)14(25)16(9-5-6-10-16)11-22-15(21)23-12-7-3-4-8-13(12)26-17(18,19)20;/h3-4,7-8H,5-6,9-11H2,1-2H3,(H3,21,22,23);1H. The molecule has 0 aliphatic heterocycles. The van der Waals surface area contributed by atoms with Gasteiger partial charge in [-0.2, -0.15) is 0 Å². The lowest BCUT2D eigenvalue weighted by Crippen LogP contribution is -2.41. The number of carbonyl (C=O) groups excluding carboxylic acids is 1. The molecule has 1 aliphatic rings. The second kappa shape index (κ2) is 9.47. The molecule has 0 atom stereocenters. The minimum Gasteiger partial charge on any atom is -0.404 e. The fraction of sp³-hybridized carbons (Fsp3) is 0.529. The van der Waals surface area contributed by atoms with Crippen LogP contribution in [0.3, 0.4) is 0 Å². The van der Waals surface area contributed by atoms with Gasteiger partial charge in [-0.25, -0.2) is 0 Å². The number of nitrogens with two attached hydrogens (primary N) is 1. The van der Waals surface area contributed by atoms with E-state index in [1.54, 1.807) is 20.2 Å². The van der Waals surface area contributed by atoms with Crippen LogP contribution >= 0.6 is 24.0 Å². The number of para-hydroxylation sites is 2. The van der Waals surface area contributed by atoms with Gasteiger partial charge in [0.25, 0.3) is 0 Å². The van der Waals surface area contributed by atoms with Gasteiger partial charge in [0.05, 0.1) is 17.6 Å². The Labute approximate surface area is 173 Å². The third-order valence-corrected chi connectivity index (χ3v) is 4.35. The first-order chi connectivity index (χ1) is 12.1. The summed E-state index contributed by atoms with van der Waals surface area (Å²) in [4.78, 5) is 18.3. The van der Waals surface area contributed by atoms with Gasteiger partial charge in [-0.05, 0) is 25.0 Å². The van der Waals surface area contributed by atoms with E-state index in [0.717, 1.165) is 12.8 Å². The number of alkyl halides is 3. The zero-order valence-corrected chi connectivity index (χ0v) is 17.5. The van der Waals surface area contributed by atoms with Crippen molar-refractivity contribution in [2.75, 3.05) is 26.0 Å². The van der Waals surface area contributed by atoms with E-state index in [1.807, 2.05) is 0 Å². The van der Waals surface area contributed by atoms with Crippen molar-refractivity contribution in [1.29, 1.82) is 0 Å². The number of amides is 1. The number of guanidine groups is 1. The van der Waals surface area contributed by atoms with Crippen molar-refractivity contribution in [3.8, 4) is 5.75 Å². The van der Waals surface area contributed by atoms with Gasteiger partial charge in [0.2, 0.25) is 5.91 Å². The highest BCUT2D eigenvalue weighted by atomic mass is 127. The fourth-order valence-electron chi connectivity index (χ4n) is 3.16. The van der Waals surface area contributed by atoms with Crippen LogP contribution in [0.4, 0.5) is 18.9 Å². The van der Waals surface area contributed by atoms with Crippen LogP contribution in [0.2, 0.25) is 0 Å². The number of nitrogens with one attached hydrogen (secondary N) is 1. The number of nitrogens with zero attached hydrogens (tertiary/aromatic N) is 2. The molecule has 0 heterocycles. The van der Waals surface area contributed by atoms with Crippen molar-refractivity contribution >= 4 is 41.5 Å². The Hall–Kier alpha value is -1.72. The van der Waals surface area contributed by atoms with Gasteiger partial charge >= 0.3 is 6.36 Å². The number of carbonyl (C=O) groups is 1. The lowest BCUT2D eigenvalue weighted by molar-refractivity contribution is -0.274. The summed E-state index contributed by atoms with van der Waals surface area (Å²) < 4.78 is 41.4. The van der Waals surface area contributed by atoms with Crippen molar-refractivity contribution in [1.82, 2.24) is 4.90 Å². The molecule has 152 valence electrons. The SMILES string of the molecule is CN(C)C(=O)C1(CN=C(N)Nc2ccccc2OC(F)(F)F)CCCC1.I. The number of hydrogen-bond acceptors (Lipinski definition) is 3. The van der Waals surface area contributed by atoms with E-state index in [-0.39, 0.29) is 48.1 Å². The van der Waals surface area contributed by atoms with Crippen LogP contribution in [0, 0.1) is 5.41 Å². The zero-order chi connectivity index (χ0) is 19.4. The number of hydrogen-bond donors (Lipinski definition) is 2. The quantitative estimate of drug-likeness (QED) is 0.368. The summed E-state index contributed by atoms with van der Waals surface area (Å²) in [5.74, 6) is -0.480. The van der Waals surface area contributed by atoms with E-state index in [4.69, 9.17) is 5.73 Å². The summed E-state index contributed by atoms with van der Waals surface area (Å²) in [5, 5.41) is 2.62. The maximum atomic E-state index is 12.5. The summed E-state index contributed by atoms with van der Waals surface area (Å²) in [6, 6.07) is 5.55. The predicted octanol–water partition coefficient (Wildman–Crippen LogP) is 3.58. The average Bonchev–Trinajstić information content (AvgIpc) is 3.03. The van der Waals surface area contributed by atoms with E-state index in [0.29, 0.717) is 12.8 Å². The van der Waals surface area contributed by atoms with Crippen LogP contribution in [0.5, 0.6) is 5.75 Å². The molecule has 0 spiro atoms. The molecular weight excluding hydrogens is 476 g/mol. The van der Waals surface area contributed by atoms with E-state index < -0.39 is 17.5 Å². The molecule has 3 N–H and O–H groups in total. The monoisotopic (exact) mass is 500 g/mol. The molecule has 0 radical (unpaired) electrons. The summed E-state index contributed by atoms with van der Waals surface area (Å²) in [5.41, 5.74) is 5.28. The molecular formula is C17H24F3IN4O2. The van der Waals surface area contributed by atoms with Gasteiger partial charge in [0.15, 0.2) is 11.7 Å². The minimum atomic E-state index is -4.81. The summed E-state index contributed by atoms with van der Waals surface area (Å²) in [6.45, 7) is 0.186. The molecule has 1 saturated carbocycles. The van der Waals surface area contributed by atoms with E-state index >= 15 is 0 Å². The minimum absolute atomic E-state index is 0. The first-order valence-electron chi connectivity index (χ1n) is 8.26. The van der Waals surface area contributed by atoms with Crippen LogP contribution < -0.4 is 15.8 Å². The van der Waals surface area contributed by atoms with E-state index in [9.17, 15) is 18.0 Å². The van der Waals surface area contributed by atoms with E-state index in [2.05, 4.69) is 15.0 Å². The van der Waals surface area contributed by atoms with Crippen LogP contribution in [-0.4, -0.2) is 43.8 Å². The number of aliphatic imine (C=N–C) groups is 1. The second-order valence-electron chi connectivity index (χ2n) is 6.56. The number of rotatable bonds is 5. The Morgan fingerprint density at radius 2 is 1.89 bits per heavy atom. The predicted molar refractivity (Wildman–Crippen MR) is 108 cm³/mol. The van der Waals surface area contributed by atoms with Gasteiger partial charge in [-0.3, -0.25) is 9.79 Å². The van der Waals surface area contributed by atoms with Crippen LogP contribution in [0.25, 0.3) is 0 Å². The highest BCUT2D eigenvalue weighted by molar-refractivity contribution is 14.0. The summed E-state index contributed by atoms with van der Waals surface area (Å²) in [7, 11) is 3.39. The molecule has 1 aromatic carbocycles. The first-order valence-corrected chi connectivity index (χ1v) is 8.26. The highest BCUT2D eigenvalue weighted by Gasteiger charge is 2.42. The van der Waals surface area contributed by atoms with Gasteiger partial charge in [-0.15, -0.1) is 37.1 Å². The van der Waals surface area contributed by atoms with Crippen molar-refractivity contribution in [3.63, 3.8) is 0 Å². The molecule has 1 aliphatic carbocycles. The molecule has 1 amide bonds. The lowest BCUT2D eigenvalue weighted by Gasteiger charge is -2.29. The maximum Gasteiger partial charge on any atom is 0.573 e. The Morgan fingerprint density at radius 3 is 2.44 bits per heavy atom. The molecule has 0 aromatic heterocycles. The number of anilines is 1. The van der Waals surface area contributed by atoms with Crippen molar-refractivity contribution in [2.24, 2.45) is 16.1 Å². The summed E-state index contributed by atoms with van der Waals surface area (Å²) >= 11 is 0. The van der Waals surface area contributed by atoms with Gasteiger partial charge in [0, 0.05) is 14.1 Å². The smallest absolute Gasteiger partial charge is 0.404 e. The lowest BCUT2D eigenvalue weighted by atomic mass is 9.85. The van der Waals surface area contributed by atoms with Gasteiger partial charge in [0.1, 0.15) is 0 Å². The largest absolute Gasteiger partial charge is 0.573 e. The fourth-order valence-corrected chi connectivity index (χ4v) is 3.16. The topological polar surface area (TPSA) is 80.0 Å². The molecule has 1 aromatic rings. The van der Waals surface area contributed by atoms with Crippen molar-refractivity contribution in [3.05, 3.63) is 24.3 Å². The third-order valence-electron chi connectivity index (χ3n) is 4.35. The Kier molecular flexibility index (Phi) is 8.18. The van der Waals surface area contributed by atoms with Crippen LogP contribution in [0.15, 0.2) is 29.3 Å². The molecule has 2 rings (SSSR count). The molecule has 27 heavy (non-hydrogen) atoms. The number of halogens is 4. The number of benzene rings is 1. The van der Waals surface area contributed by atoms with Gasteiger partial charge < -0.3 is 20.7 Å². The van der Waals surface area contributed by atoms with Crippen molar-refractivity contribution < 1.29 is 22.7 Å². The molecule has 6 nitrogen and oxygen atoms in total. The summed E-state index contributed by atoms with van der Waals surface area (Å²) in [6.07, 6.45) is -1.51. The van der Waals surface area contributed by atoms with Gasteiger partial charge in [-0.1, -0.05) is 25.0 Å². The maximum absolute atomic E-state index is 12.5. The Balaban J connectivity index is 0.00000364. The molecule has 0 bridgehead atoms. The second-order valence-corrected chi connectivity index (χ2v) is 6.56. The zero-order valence-electron chi connectivity index (χ0n) is 15.2. The van der Waals surface area contributed by atoms with Crippen LogP contribution in [0.1, 0.15) is 25.7 Å². The molecule has 1 fully saturated rings. The Morgan fingerprint density at radius 1 is 1.30 bits per heavy atom. The highest BCUT2D eigenvalue weighted by Crippen LogP contribution is 2.39. The van der Waals surface area contributed by atoms with Crippen LogP contribution in [-0.2, 0) is 4.79 Å². The third kappa shape index (κ3) is 6.43. The number of ether oxygens (including phenoxy) is 1. The van der Waals surface area contributed by atoms with E-state index in [1.165, 1.54) is 23.1 Å². The molecule has 10 heteroatoms. The first kappa shape index (κ1) is 23.3. The molecule has 0 saturated heterocycles.